The van der Waals surface area contributed by atoms with E-state index in [9.17, 15) is 4.79 Å². The van der Waals surface area contributed by atoms with Gasteiger partial charge in [0.2, 0.25) is 5.91 Å². The Morgan fingerprint density at radius 3 is 3.00 bits per heavy atom. The molecule has 1 fully saturated rings. The SMILES string of the molecule is Cc1nccn1CCNC(=O)CC1CSCCN1.Cl.Cl. The van der Waals surface area contributed by atoms with Crippen LogP contribution in [0.1, 0.15) is 12.2 Å². The molecule has 0 aromatic carbocycles. The second-order valence-corrected chi connectivity index (χ2v) is 5.60. The van der Waals surface area contributed by atoms with Gasteiger partial charge in [-0.25, -0.2) is 4.98 Å². The molecule has 0 radical (unpaired) electrons. The van der Waals surface area contributed by atoms with Crippen molar-refractivity contribution in [3.63, 3.8) is 0 Å². The molecule has 8 heteroatoms. The maximum atomic E-state index is 11.7. The first-order valence-corrected chi connectivity index (χ1v) is 7.47. The van der Waals surface area contributed by atoms with Gasteiger partial charge in [0.15, 0.2) is 0 Å². The van der Waals surface area contributed by atoms with E-state index in [2.05, 4.69) is 15.6 Å². The van der Waals surface area contributed by atoms with Gasteiger partial charge in [-0.1, -0.05) is 0 Å². The number of hydrogen-bond acceptors (Lipinski definition) is 4. The van der Waals surface area contributed by atoms with Crippen LogP contribution in [-0.2, 0) is 11.3 Å². The fourth-order valence-corrected chi connectivity index (χ4v) is 2.95. The van der Waals surface area contributed by atoms with E-state index in [0.29, 0.717) is 19.0 Å². The van der Waals surface area contributed by atoms with Crippen LogP contribution in [0.5, 0.6) is 0 Å². The Kier molecular flexibility index (Phi) is 10.1. The van der Waals surface area contributed by atoms with Gasteiger partial charge in [-0.15, -0.1) is 24.8 Å². The van der Waals surface area contributed by atoms with E-state index in [1.54, 1.807) is 6.20 Å². The molecule has 1 saturated heterocycles. The van der Waals surface area contributed by atoms with Gasteiger partial charge in [-0.05, 0) is 6.92 Å². The maximum absolute atomic E-state index is 11.7. The summed E-state index contributed by atoms with van der Waals surface area (Å²) in [4.78, 5) is 15.9. The predicted molar refractivity (Wildman–Crippen MR) is 88.2 cm³/mol. The van der Waals surface area contributed by atoms with E-state index in [1.807, 2.05) is 29.4 Å². The van der Waals surface area contributed by atoms with E-state index in [4.69, 9.17) is 0 Å². The summed E-state index contributed by atoms with van der Waals surface area (Å²) in [7, 11) is 0. The fraction of sp³-hybridized carbons (Fsp3) is 0.667. The lowest BCUT2D eigenvalue weighted by atomic mass is 10.2. The molecule has 1 amide bonds. The molecule has 1 unspecified atom stereocenters. The average Bonchev–Trinajstić information content (AvgIpc) is 2.76. The summed E-state index contributed by atoms with van der Waals surface area (Å²) in [5.41, 5.74) is 0. The fourth-order valence-electron chi connectivity index (χ4n) is 2.00. The summed E-state index contributed by atoms with van der Waals surface area (Å²) in [6.45, 7) is 4.42. The van der Waals surface area contributed by atoms with Crippen LogP contribution in [0.25, 0.3) is 0 Å². The molecular formula is C12H22Cl2N4OS. The summed E-state index contributed by atoms with van der Waals surface area (Å²) < 4.78 is 2.04. The number of carbonyl (C=O) groups excluding carboxylic acids is 1. The Bertz CT molecular complexity index is 397. The molecule has 0 aliphatic carbocycles. The minimum Gasteiger partial charge on any atom is -0.354 e. The van der Waals surface area contributed by atoms with Crippen molar-refractivity contribution in [2.24, 2.45) is 0 Å². The van der Waals surface area contributed by atoms with Crippen LogP contribution in [0.15, 0.2) is 12.4 Å². The Morgan fingerprint density at radius 2 is 2.40 bits per heavy atom. The second-order valence-electron chi connectivity index (χ2n) is 4.45. The van der Waals surface area contributed by atoms with Crippen molar-refractivity contribution in [3.05, 3.63) is 18.2 Å². The van der Waals surface area contributed by atoms with Gasteiger partial charge in [0.05, 0.1) is 0 Å². The summed E-state index contributed by atoms with van der Waals surface area (Å²) in [6, 6.07) is 0.332. The highest BCUT2D eigenvalue weighted by Gasteiger charge is 2.16. The zero-order chi connectivity index (χ0) is 12.8. The number of nitrogens with one attached hydrogen (secondary N) is 2. The van der Waals surface area contributed by atoms with Gasteiger partial charge < -0.3 is 15.2 Å². The third-order valence-electron chi connectivity index (χ3n) is 3.03. The summed E-state index contributed by atoms with van der Waals surface area (Å²) >= 11 is 1.91. The molecule has 0 spiro atoms. The van der Waals surface area contributed by atoms with E-state index in [1.165, 1.54) is 0 Å². The van der Waals surface area contributed by atoms with E-state index < -0.39 is 0 Å². The zero-order valence-corrected chi connectivity index (χ0v) is 14.0. The van der Waals surface area contributed by atoms with Crippen LogP contribution in [-0.4, -0.2) is 46.1 Å². The molecule has 5 nitrogen and oxygen atoms in total. The van der Waals surface area contributed by atoms with Crippen molar-refractivity contribution >= 4 is 42.5 Å². The van der Waals surface area contributed by atoms with Crippen molar-refractivity contribution in [1.29, 1.82) is 0 Å². The minimum absolute atomic E-state index is 0. The number of thioether (sulfide) groups is 1. The largest absolute Gasteiger partial charge is 0.354 e. The minimum atomic E-state index is 0. The number of aromatic nitrogens is 2. The van der Waals surface area contributed by atoms with Gasteiger partial charge >= 0.3 is 0 Å². The number of imidazole rings is 1. The summed E-state index contributed by atoms with van der Waals surface area (Å²) in [5, 5.41) is 6.32. The van der Waals surface area contributed by atoms with Crippen LogP contribution < -0.4 is 10.6 Å². The Balaban J connectivity index is 0.00000180. The van der Waals surface area contributed by atoms with E-state index >= 15 is 0 Å². The van der Waals surface area contributed by atoms with Crippen molar-refractivity contribution in [2.75, 3.05) is 24.6 Å². The van der Waals surface area contributed by atoms with Crippen LogP contribution in [0, 0.1) is 6.92 Å². The number of carbonyl (C=O) groups is 1. The Labute approximate surface area is 136 Å². The highest BCUT2D eigenvalue weighted by Crippen LogP contribution is 2.09. The number of rotatable bonds is 5. The Hall–Kier alpha value is -0.430. The van der Waals surface area contributed by atoms with E-state index in [-0.39, 0.29) is 30.7 Å². The summed E-state index contributed by atoms with van der Waals surface area (Å²) in [6.07, 6.45) is 4.29. The predicted octanol–water partition coefficient (Wildman–Crippen LogP) is 1.25. The second kappa shape index (κ2) is 10.3. The molecule has 2 heterocycles. The molecule has 1 aliphatic heterocycles. The number of amides is 1. The maximum Gasteiger partial charge on any atom is 0.221 e. The van der Waals surface area contributed by atoms with Gasteiger partial charge in [0, 0.05) is 56.0 Å². The quantitative estimate of drug-likeness (QED) is 0.846. The molecule has 1 atom stereocenters. The van der Waals surface area contributed by atoms with E-state index in [0.717, 1.165) is 30.4 Å². The molecule has 1 aromatic rings. The number of nitrogens with zero attached hydrogens (tertiary/aromatic N) is 2. The first kappa shape index (κ1) is 19.6. The van der Waals surface area contributed by atoms with Gasteiger partial charge in [0.1, 0.15) is 5.82 Å². The standard InChI is InChI=1S/C12H20N4OS.2ClH/c1-10-13-2-5-16(10)6-3-15-12(17)8-11-9-18-7-4-14-11;;/h2,5,11,14H,3-4,6-9H2,1H3,(H,15,17);2*1H. The monoisotopic (exact) mass is 340 g/mol. The molecule has 0 bridgehead atoms. The highest BCUT2D eigenvalue weighted by molar-refractivity contribution is 7.99. The van der Waals surface area contributed by atoms with Crippen LogP contribution >= 0.6 is 36.6 Å². The summed E-state index contributed by atoms with van der Waals surface area (Å²) in [5.74, 6) is 3.30. The van der Waals surface area contributed by atoms with Crippen molar-refractivity contribution in [1.82, 2.24) is 20.2 Å². The zero-order valence-electron chi connectivity index (χ0n) is 11.5. The van der Waals surface area contributed by atoms with Gasteiger partial charge in [-0.3, -0.25) is 4.79 Å². The van der Waals surface area contributed by atoms with Crippen LogP contribution in [0.3, 0.4) is 0 Å². The molecule has 116 valence electrons. The molecule has 2 rings (SSSR count). The van der Waals surface area contributed by atoms with Crippen molar-refractivity contribution in [2.45, 2.75) is 25.9 Å². The molecule has 1 aliphatic rings. The van der Waals surface area contributed by atoms with Gasteiger partial charge in [0.25, 0.3) is 0 Å². The topological polar surface area (TPSA) is 59.0 Å². The first-order valence-electron chi connectivity index (χ1n) is 6.31. The molecule has 1 aromatic heterocycles. The smallest absolute Gasteiger partial charge is 0.221 e. The lowest BCUT2D eigenvalue weighted by Crippen LogP contribution is -2.41. The third kappa shape index (κ3) is 6.35. The number of halogens is 2. The average molecular weight is 341 g/mol. The third-order valence-corrected chi connectivity index (χ3v) is 4.16. The highest BCUT2D eigenvalue weighted by atomic mass is 35.5. The van der Waals surface area contributed by atoms with Crippen LogP contribution in [0.4, 0.5) is 0 Å². The van der Waals surface area contributed by atoms with Crippen LogP contribution in [0.2, 0.25) is 0 Å². The number of aryl methyl sites for hydroxylation is 1. The first-order chi connectivity index (χ1) is 8.75. The molecular weight excluding hydrogens is 319 g/mol. The molecule has 2 N–H and O–H groups in total. The Morgan fingerprint density at radius 1 is 1.60 bits per heavy atom. The normalized spacial score (nSPS) is 17.8. The van der Waals surface area contributed by atoms with Crippen molar-refractivity contribution < 1.29 is 4.79 Å². The molecule has 20 heavy (non-hydrogen) atoms. The number of hydrogen-bond donors (Lipinski definition) is 2. The lowest BCUT2D eigenvalue weighted by Gasteiger charge is -2.22. The van der Waals surface area contributed by atoms with Gasteiger partial charge in [-0.2, -0.15) is 11.8 Å². The van der Waals surface area contributed by atoms with Crippen molar-refractivity contribution in [3.8, 4) is 0 Å². The molecule has 0 saturated carbocycles. The lowest BCUT2D eigenvalue weighted by molar-refractivity contribution is -0.121.